The summed E-state index contributed by atoms with van der Waals surface area (Å²) in [5.74, 6) is -0.648. The van der Waals surface area contributed by atoms with Crippen LogP contribution in [-0.4, -0.2) is 31.1 Å². The predicted molar refractivity (Wildman–Crippen MR) is 84.2 cm³/mol. The molecule has 1 N–H and O–H groups in total. The van der Waals surface area contributed by atoms with Gasteiger partial charge in [0.25, 0.3) is 5.91 Å². The number of carbonyl (C=O) groups is 2. The van der Waals surface area contributed by atoms with E-state index in [1.807, 2.05) is 6.07 Å². The Morgan fingerprint density at radius 2 is 1.87 bits per heavy atom. The molecule has 0 aliphatic rings. The van der Waals surface area contributed by atoms with Crippen LogP contribution in [0.1, 0.15) is 27.7 Å². The number of nitrogens with zero attached hydrogens (tertiary/aromatic N) is 1. The van der Waals surface area contributed by atoms with Crippen molar-refractivity contribution in [3.63, 3.8) is 0 Å². The molecule has 0 aliphatic heterocycles. The van der Waals surface area contributed by atoms with Gasteiger partial charge in [-0.05, 0) is 18.6 Å². The maximum Gasteiger partial charge on any atom is 0.333 e. The standard InChI is InChI=1S/C17H18N2O4/c1-11-9-13(14(22-2)10-18-11)16(20)19-15(17(21)23-3)12-7-5-4-6-8-12/h4-10,15H,1-3H3,(H,19,20)/t15-/m0/s1. The average Bonchev–Trinajstić information content (AvgIpc) is 2.59. The van der Waals surface area contributed by atoms with Crippen LogP contribution >= 0.6 is 0 Å². The molecule has 2 rings (SSSR count). The van der Waals surface area contributed by atoms with Crippen molar-refractivity contribution >= 4 is 11.9 Å². The third kappa shape index (κ3) is 3.85. The lowest BCUT2D eigenvalue weighted by molar-refractivity contribution is -0.143. The molecule has 1 atom stereocenters. The van der Waals surface area contributed by atoms with E-state index in [1.54, 1.807) is 37.3 Å². The molecule has 2 aromatic rings. The number of hydrogen-bond donors (Lipinski definition) is 1. The number of methoxy groups -OCH3 is 2. The van der Waals surface area contributed by atoms with E-state index in [4.69, 9.17) is 9.47 Å². The third-order valence-corrected chi connectivity index (χ3v) is 3.31. The van der Waals surface area contributed by atoms with Gasteiger partial charge in [-0.2, -0.15) is 0 Å². The first-order chi connectivity index (χ1) is 11.1. The molecule has 120 valence electrons. The number of hydrogen-bond acceptors (Lipinski definition) is 5. The lowest BCUT2D eigenvalue weighted by Gasteiger charge is -2.18. The van der Waals surface area contributed by atoms with Gasteiger partial charge in [0.2, 0.25) is 0 Å². The highest BCUT2D eigenvalue weighted by molar-refractivity contribution is 5.99. The predicted octanol–water partition coefficient (Wildman–Crippen LogP) is 2.04. The lowest BCUT2D eigenvalue weighted by atomic mass is 10.1. The highest BCUT2D eigenvalue weighted by Crippen LogP contribution is 2.20. The molecule has 0 unspecified atom stereocenters. The van der Waals surface area contributed by atoms with E-state index in [9.17, 15) is 9.59 Å². The van der Waals surface area contributed by atoms with Crippen molar-refractivity contribution in [1.82, 2.24) is 10.3 Å². The van der Waals surface area contributed by atoms with Gasteiger partial charge in [0.15, 0.2) is 6.04 Å². The molecule has 6 nitrogen and oxygen atoms in total. The average molecular weight is 314 g/mol. The van der Waals surface area contributed by atoms with Crippen LogP contribution in [-0.2, 0) is 9.53 Å². The van der Waals surface area contributed by atoms with E-state index >= 15 is 0 Å². The molecule has 6 heteroatoms. The first kappa shape index (κ1) is 16.5. The van der Waals surface area contributed by atoms with Crippen LogP contribution in [0.4, 0.5) is 0 Å². The number of benzene rings is 1. The Morgan fingerprint density at radius 3 is 2.48 bits per heavy atom. The number of amides is 1. The third-order valence-electron chi connectivity index (χ3n) is 3.31. The summed E-state index contributed by atoms with van der Waals surface area (Å²) in [5.41, 5.74) is 1.62. The quantitative estimate of drug-likeness (QED) is 0.855. The summed E-state index contributed by atoms with van der Waals surface area (Å²) in [6.45, 7) is 1.77. The van der Waals surface area contributed by atoms with E-state index in [-0.39, 0.29) is 0 Å². The van der Waals surface area contributed by atoms with Crippen molar-refractivity contribution in [1.29, 1.82) is 0 Å². The van der Waals surface area contributed by atoms with Crippen LogP contribution in [0.3, 0.4) is 0 Å². The molecule has 0 saturated heterocycles. The molecular formula is C17H18N2O4. The molecule has 23 heavy (non-hydrogen) atoms. The number of aromatic nitrogens is 1. The fourth-order valence-electron chi connectivity index (χ4n) is 2.14. The topological polar surface area (TPSA) is 77.5 Å². The first-order valence-corrected chi connectivity index (χ1v) is 7.01. The molecule has 0 bridgehead atoms. The van der Waals surface area contributed by atoms with Gasteiger partial charge in [-0.1, -0.05) is 30.3 Å². The summed E-state index contributed by atoms with van der Waals surface area (Å²) in [6.07, 6.45) is 1.47. The number of esters is 1. The molecule has 0 saturated carbocycles. The summed E-state index contributed by atoms with van der Waals surface area (Å²) in [4.78, 5) is 28.7. The summed E-state index contributed by atoms with van der Waals surface area (Å²) < 4.78 is 9.94. The molecule has 1 aromatic heterocycles. The minimum absolute atomic E-state index is 0.310. The maximum atomic E-state index is 12.6. The Balaban J connectivity index is 2.32. The van der Waals surface area contributed by atoms with Crippen LogP contribution < -0.4 is 10.1 Å². The van der Waals surface area contributed by atoms with Crippen molar-refractivity contribution in [3.05, 3.63) is 59.4 Å². The van der Waals surface area contributed by atoms with Gasteiger partial charge in [0, 0.05) is 5.69 Å². The van der Waals surface area contributed by atoms with Gasteiger partial charge in [0.1, 0.15) is 5.75 Å². The smallest absolute Gasteiger partial charge is 0.333 e. The van der Waals surface area contributed by atoms with Gasteiger partial charge in [-0.15, -0.1) is 0 Å². The number of rotatable bonds is 5. The van der Waals surface area contributed by atoms with Gasteiger partial charge in [0.05, 0.1) is 26.0 Å². The number of aryl methyl sites for hydroxylation is 1. The zero-order valence-electron chi connectivity index (χ0n) is 13.2. The summed E-state index contributed by atoms with van der Waals surface area (Å²) in [5, 5.41) is 2.68. The van der Waals surface area contributed by atoms with E-state index in [1.165, 1.54) is 20.4 Å². The Labute approximate surface area is 134 Å². The Kier molecular flexibility index (Phi) is 5.30. The fraction of sp³-hybridized carbons (Fsp3) is 0.235. The summed E-state index contributed by atoms with van der Waals surface area (Å²) >= 11 is 0. The molecule has 0 radical (unpaired) electrons. The van der Waals surface area contributed by atoms with Crippen molar-refractivity contribution in [2.75, 3.05) is 14.2 Å². The minimum atomic E-state index is -0.896. The van der Waals surface area contributed by atoms with Crippen LogP contribution in [0.25, 0.3) is 0 Å². The van der Waals surface area contributed by atoms with Crippen molar-refractivity contribution < 1.29 is 19.1 Å². The Morgan fingerprint density at radius 1 is 1.17 bits per heavy atom. The summed E-state index contributed by atoms with van der Waals surface area (Å²) in [7, 11) is 2.74. The lowest BCUT2D eigenvalue weighted by Crippen LogP contribution is -2.34. The van der Waals surface area contributed by atoms with E-state index in [0.29, 0.717) is 22.6 Å². The second-order valence-electron chi connectivity index (χ2n) is 4.87. The van der Waals surface area contributed by atoms with E-state index in [2.05, 4.69) is 10.3 Å². The van der Waals surface area contributed by atoms with Gasteiger partial charge >= 0.3 is 5.97 Å². The van der Waals surface area contributed by atoms with Crippen LogP contribution in [0.15, 0.2) is 42.6 Å². The maximum absolute atomic E-state index is 12.6. The monoisotopic (exact) mass is 314 g/mol. The van der Waals surface area contributed by atoms with Gasteiger partial charge in [-0.3, -0.25) is 9.78 Å². The number of pyridine rings is 1. The van der Waals surface area contributed by atoms with Crippen LogP contribution in [0, 0.1) is 6.92 Å². The van der Waals surface area contributed by atoms with Crippen molar-refractivity contribution in [2.45, 2.75) is 13.0 Å². The van der Waals surface area contributed by atoms with Gasteiger partial charge < -0.3 is 14.8 Å². The fourth-order valence-corrected chi connectivity index (χ4v) is 2.14. The summed E-state index contributed by atoms with van der Waals surface area (Å²) in [6, 6.07) is 9.60. The van der Waals surface area contributed by atoms with E-state index in [0.717, 1.165) is 0 Å². The van der Waals surface area contributed by atoms with Crippen LogP contribution in [0.5, 0.6) is 5.75 Å². The van der Waals surface area contributed by atoms with Gasteiger partial charge in [-0.25, -0.2) is 4.79 Å². The molecule has 1 amide bonds. The number of ether oxygens (including phenoxy) is 2. The molecule has 0 aliphatic carbocycles. The van der Waals surface area contributed by atoms with Crippen molar-refractivity contribution in [3.8, 4) is 5.75 Å². The van der Waals surface area contributed by atoms with E-state index < -0.39 is 17.9 Å². The highest BCUT2D eigenvalue weighted by atomic mass is 16.5. The zero-order chi connectivity index (χ0) is 16.8. The van der Waals surface area contributed by atoms with Crippen LogP contribution in [0.2, 0.25) is 0 Å². The number of carbonyl (C=O) groups excluding carboxylic acids is 2. The molecule has 0 fully saturated rings. The number of nitrogens with one attached hydrogen (secondary N) is 1. The SMILES string of the molecule is COC(=O)[C@@H](NC(=O)c1cc(C)ncc1OC)c1ccccc1. The molecule has 1 aromatic carbocycles. The Bertz CT molecular complexity index is 701. The second kappa shape index (κ2) is 7.40. The normalized spacial score (nSPS) is 11.4. The second-order valence-corrected chi connectivity index (χ2v) is 4.87. The molecule has 0 spiro atoms. The zero-order valence-corrected chi connectivity index (χ0v) is 13.2. The molecule has 1 heterocycles. The first-order valence-electron chi connectivity index (χ1n) is 7.01. The highest BCUT2D eigenvalue weighted by Gasteiger charge is 2.25. The molecular weight excluding hydrogens is 296 g/mol. The minimum Gasteiger partial charge on any atom is -0.494 e. The largest absolute Gasteiger partial charge is 0.494 e. The Hall–Kier alpha value is -2.89. The van der Waals surface area contributed by atoms with Crippen molar-refractivity contribution in [2.24, 2.45) is 0 Å².